The number of fused-ring (bicyclic) bond motifs is 1. The summed E-state index contributed by atoms with van der Waals surface area (Å²) in [5, 5.41) is 7.92. The van der Waals surface area contributed by atoms with E-state index in [1.165, 1.54) is 11.3 Å². The second kappa shape index (κ2) is 9.62. The van der Waals surface area contributed by atoms with Gasteiger partial charge in [-0.15, -0.1) is 11.3 Å². The number of anilines is 1. The van der Waals surface area contributed by atoms with Gasteiger partial charge in [0.2, 0.25) is 0 Å². The second-order valence-corrected chi connectivity index (χ2v) is 9.21. The molecule has 0 bridgehead atoms. The van der Waals surface area contributed by atoms with Gasteiger partial charge in [0.15, 0.2) is 6.61 Å². The summed E-state index contributed by atoms with van der Waals surface area (Å²) >= 11 is 1.32. The number of rotatable bonds is 8. The van der Waals surface area contributed by atoms with Crippen LogP contribution in [0.4, 0.5) is 5.00 Å². The van der Waals surface area contributed by atoms with Gasteiger partial charge < -0.3 is 20.1 Å². The van der Waals surface area contributed by atoms with Crippen molar-refractivity contribution in [2.75, 3.05) is 18.5 Å². The third-order valence-electron chi connectivity index (χ3n) is 5.49. The van der Waals surface area contributed by atoms with Crippen LogP contribution in [0.3, 0.4) is 0 Å². The van der Waals surface area contributed by atoms with Crippen molar-refractivity contribution in [2.45, 2.75) is 39.7 Å². The number of nitrogens with one attached hydrogen (secondary N) is 2. The van der Waals surface area contributed by atoms with Gasteiger partial charge in [0, 0.05) is 10.9 Å². The van der Waals surface area contributed by atoms with Crippen LogP contribution in [0, 0.1) is 13.8 Å². The molecule has 4 rings (SSSR count). The van der Waals surface area contributed by atoms with Crippen LogP contribution in [0.1, 0.15) is 50.9 Å². The number of carbonyl (C=O) groups is 3. The van der Waals surface area contributed by atoms with Crippen molar-refractivity contribution >= 4 is 44.9 Å². The molecule has 172 valence electrons. The number of thiophene rings is 1. The fourth-order valence-corrected chi connectivity index (χ4v) is 4.53. The Morgan fingerprint density at radius 3 is 2.45 bits per heavy atom. The second-order valence-electron chi connectivity index (χ2n) is 7.99. The molecule has 1 heterocycles. The third kappa shape index (κ3) is 5.17. The molecule has 7 nitrogen and oxygen atoms in total. The van der Waals surface area contributed by atoms with Crippen molar-refractivity contribution in [3.8, 4) is 5.75 Å². The first-order chi connectivity index (χ1) is 15.9. The Balaban J connectivity index is 1.63. The number of ether oxygens (including phenoxy) is 2. The van der Waals surface area contributed by atoms with Crippen LogP contribution in [0.15, 0.2) is 36.4 Å². The van der Waals surface area contributed by atoms with Crippen LogP contribution in [-0.4, -0.2) is 37.0 Å². The van der Waals surface area contributed by atoms with Crippen molar-refractivity contribution in [1.29, 1.82) is 0 Å². The summed E-state index contributed by atoms with van der Waals surface area (Å²) in [7, 11) is 0. The van der Waals surface area contributed by atoms with Crippen LogP contribution < -0.4 is 15.4 Å². The quantitative estimate of drug-likeness (QED) is 0.473. The predicted molar refractivity (Wildman–Crippen MR) is 128 cm³/mol. The maximum atomic E-state index is 13.3. The van der Waals surface area contributed by atoms with Gasteiger partial charge in [-0.1, -0.05) is 24.3 Å². The highest BCUT2D eigenvalue weighted by molar-refractivity contribution is 7.16. The molecule has 1 fully saturated rings. The van der Waals surface area contributed by atoms with Crippen molar-refractivity contribution in [1.82, 2.24) is 5.32 Å². The first kappa shape index (κ1) is 22.8. The fourth-order valence-electron chi connectivity index (χ4n) is 3.49. The first-order valence-corrected chi connectivity index (χ1v) is 11.7. The van der Waals surface area contributed by atoms with E-state index >= 15 is 0 Å². The molecule has 2 N–H and O–H groups in total. The SMILES string of the molecule is CCOC(=O)c1c(NC(=O)c2cc3ccccc3cc2OCC(=O)NC2CC2)sc(C)c1C. The van der Waals surface area contributed by atoms with Gasteiger partial charge >= 0.3 is 5.97 Å². The smallest absolute Gasteiger partial charge is 0.341 e. The molecule has 1 aliphatic carbocycles. The number of amides is 2. The molecule has 2 amide bonds. The Bertz CT molecular complexity index is 1230. The van der Waals surface area contributed by atoms with E-state index < -0.39 is 11.9 Å². The van der Waals surface area contributed by atoms with Crippen molar-refractivity contribution in [3.63, 3.8) is 0 Å². The van der Waals surface area contributed by atoms with E-state index in [4.69, 9.17) is 9.47 Å². The van der Waals surface area contributed by atoms with E-state index in [0.717, 1.165) is 34.1 Å². The molecule has 0 saturated heterocycles. The highest BCUT2D eigenvalue weighted by Gasteiger charge is 2.25. The number of esters is 1. The molecular weight excluding hydrogens is 440 g/mol. The predicted octanol–water partition coefficient (Wildman–Crippen LogP) is 4.60. The van der Waals surface area contributed by atoms with Crippen molar-refractivity contribution in [3.05, 3.63) is 58.0 Å². The van der Waals surface area contributed by atoms with Gasteiger partial charge in [-0.2, -0.15) is 0 Å². The Kier molecular flexibility index (Phi) is 6.65. The number of hydrogen-bond donors (Lipinski definition) is 2. The van der Waals surface area contributed by atoms with Gasteiger partial charge in [0.1, 0.15) is 10.8 Å². The number of carbonyl (C=O) groups excluding carboxylic acids is 3. The van der Waals surface area contributed by atoms with E-state index in [1.807, 2.05) is 38.1 Å². The van der Waals surface area contributed by atoms with Gasteiger partial charge in [0.05, 0.1) is 17.7 Å². The summed E-state index contributed by atoms with van der Waals surface area (Å²) in [5.41, 5.74) is 1.42. The van der Waals surface area contributed by atoms with E-state index in [1.54, 1.807) is 19.1 Å². The summed E-state index contributed by atoms with van der Waals surface area (Å²) in [6.07, 6.45) is 1.97. The van der Waals surface area contributed by atoms with Gasteiger partial charge in [-0.25, -0.2) is 4.79 Å². The average molecular weight is 467 g/mol. The lowest BCUT2D eigenvalue weighted by Gasteiger charge is -2.14. The summed E-state index contributed by atoms with van der Waals surface area (Å²) < 4.78 is 11.0. The van der Waals surface area contributed by atoms with Crippen molar-refractivity contribution < 1.29 is 23.9 Å². The van der Waals surface area contributed by atoms with Crippen LogP contribution >= 0.6 is 11.3 Å². The molecule has 0 radical (unpaired) electrons. The number of benzene rings is 2. The van der Waals surface area contributed by atoms with Gasteiger partial charge in [0.25, 0.3) is 11.8 Å². The highest BCUT2D eigenvalue weighted by Crippen LogP contribution is 2.34. The lowest BCUT2D eigenvalue weighted by atomic mass is 10.1. The van der Waals surface area contributed by atoms with Crippen LogP contribution in [0.2, 0.25) is 0 Å². The average Bonchev–Trinajstić information content (AvgIpc) is 3.56. The summed E-state index contributed by atoms with van der Waals surface area (Å²) in [5.74, 6) is -0.808. The molecule has 0 spiro atoms. The lowest BCUT2D eigenvalue weighted by Crippen LogP contribution is -2.30. The number of hydrogen-bond acceptors (Lipinski definition) is 6. The van der Waals surface area contributed by atoms with E-state index in [9.17, 15) is 14.4 Å². The molecular formula is C25H26N2O5S. The number of aryl methyl sites for hydroxylation is 1. The molecule has 1 aliphatic rings. The molecule has 1 aromatic heterocycles. The normalized spacial score (nSPS) is 12.9. The molecule has 0 aliphatic heterocycles. The highest BCUT2D eigenvalue weighted by atomic mass is 32.1. The largest absolute Gasteiger partial charge is 0.483 e. The van der Waals surface area contributed by atoms with Crippen LogP contribution in [-0.2, 0) is 9.53 Å². The third-order valence-corrected chi connectivity index (χ3v) is 6.61. The Labute approximate surface area is 196 Å². The Morgan fingerprint density at radius 1 is 1.09 bits per heavy atom. The standard InChI is InChI=1S/C25H26N2O5S/c1-4-31-25(30)22-14(2)15(3)33-24(22)27-23(29)19-11-16-7-5-6-8-17(16)12-20(19)32-13-21(28)26-18-9-10-18/h5-8,11-12,18H,4,9-10,13H2,1-3H3,(H,26,28)(H,27,29). The molecule has 3 aromatic rings. The van der Waals surface area contributed by atoms with Gasteiger partial charge in [-0.3, -0.25) is 9.59 Å². The molecule has 1 saturated carbocycles. The van der Waals surface area contributed by atoms with Gasteiger partial charge in [-0.05, 0) is 62.1 Å². The summed E-state index contributed by atoms with van der Waals surface area (Å²) in [6.45, 7) is 5.52. The molecule has 8 heteroatoms. The molecule has 0 unspecified atom stereocenters. The van der Waals surface area contributed by atoms with E-state index in [-0.39, 0.29) is 30.7 Å². The minimum atomic E-state index is -0.471. The fraction of sp³-hybridized carbons (Fsp3) is 0.320. The zero-order valence-electron chi connectivity index (χ0n) is 18.8. The van der Waals surface area contributed by atoms with Crippen molar-refractivity contribution in [2.24, 2.45) is 0 Å². The lowest BCUT2D eigenvalue weighted by molar-refractivity contribution is -0.123. The zero-order chi connectivity index (χ0) is 23.5. The molecule has 0 atom stereocenters. The minimum absolute atomic E-state index is 0.180. The maximum Gasteiger partial charge on any atom is 0.341 e. The molecule has 33 heavy (non-hydrogen) atoms. The first-order valence-electron chi connectivity index (χ1n) is 10.9. The van der Waals surface area contributed by atoms with E-state index in [0.29, 0.717) is 16.3 Å². The zero-order valence-corrected chi connectivity index (χ0v) is 19.6. The van der Waals surface area contributed by atoms with E-state index in [2.05, 4.69) is 10.6 Å². The summed E-state index contributed by atoms with van der Waals surface area (Å²) in [6, 6.07) is 11.3. The van der Waals surface area contributed by atoms with Crippen LogP contribution in [0.25, 0.3) is 10.8 Å². The maximum absolute atomic E-state index is 13.3. The Hall–Kier alpha value is -3.39. The monoisotopic (exact) mass is 466 g/mol. The minimum Gasteiger partial charge on any atom is -0.483 e. The Morgan fingerprint density at radius 2 is 1.79 bits per heavy atom. The van der Waals surface area contributed by atoms with Crippen LogP contribution in [0.5, 0.6) is 5.75 Å². The molecule has 2 aromatic carbocycles. The topological polar surface area (TPSA) is 93.7 Å². The summed E-state index contributed by atoms with van der Waals surface area (Å²) in [4.78, 5) is 38.9.